The van der Waals surface area contributed by atoms with Gasteiger partial charge in [0.05, 0.1) is 6.04 Å². The van der Waals surface area contributed by atoms with Crippen LogP contribution in [0.2, 0.25) is 0 Å². The molecule has 1 aliphatic rings. The highest BCUT2D eigenvalue weighted by molar-refractivity contribution is 5.23. The molecule has 0 spiro atoms. The molecule has 11 heavy (non-hydrogen) atoms. The summed E-state index contributed by atoms with van der Waals surface area (Å²) in [5, 5.41) is 14.3. The van der Waals surface area contributed by atoms with E-state index in [4.69, 9.17) is 5.11 Å². The zero-order chi connectivity index (χ0) is 8.27. The lowest BCUT2D eigenvalue weighted by molar-refractivity contribution is 0.0744. The molecule has 3 nitrogen and oxygen atoms in total. The normalized spacial score (nSPS) is 28.8. The van der Waals surface area contributed by atoms with E-state index < -0.39 is 0 Å². The molecule has 0 heterocycles. The Morgan fingerprint density at radius 3 is 2.64 bits per heavy atom. The molecule has 3 heteroatoms. The molecular formula is C8H14N2O. The Bertz CT molecular complexity index is 144. The highest BCUT2D eigenvalue weighted by Crippen LogP contribution is 2.31. The predicted octanol–water partition coefficient (Wildman–Crippen LogP) is 0.818. The van der Waals surface area contributed by atoms with Crippen LogP contribution in [0.5, 0.6) is 0 Å². The first-order valence-corrected chi connectivity index (χ1v) is 3.80. The summed E-state index contributed by atoms with van der Waals surface area (Å²) in [5.74, 6) is 0.462. The van der Waals surface area contributed by atoms with E-state index in [1.165, 1.54) is 0 Å². The van der Waals surface area contributed by atoms with Gasteiger partial charge in [-0.15, -0.1) is 0 Å². The lowest BCUT2D eigenvalue weighted by Gasteiger charge is -2.38. The van der Waals surface area contributed by atoms with Gasteiger partial charge in [-0.1, -0.05) is 6.58 Å². The van der Waals surface area contributed by atoms with E-state index in [1.54, 1.807) is 11.2 Å². The fraction of sp³-hybridized carbons (Fsp3) is 0.625. The van der Waals surface area contributed by atoms with Gasteiger partial charge in [-0.25, -0.2) is 0 Å². The Morgan fingerprint density at radius 1 is 1.64 bits per heavy atom. The van der Waals surface area contributed by atoms with Crippen molar-refractivity contribution >= 4 is 6.72 Å². The number of aliphatic hydroxyl groups excluding tert-OH is 1. The molecule has 0 amide bonds. The van der Waals surface area contributed by atoms with Gasteiger partial charge >= 0.3 is 0 Å². The quantitative estimate of drug-likeness (QED) is 0.480. The molecule has 62 valence electrons. The summed E-state index contributed by atoms with van der Waals surface area (Å²) in [6.07, 6.45) is 3.67. The van der Waals surface area contributed by atoms with Crippen LogP contribution < -0.4 is 0 Å². The number of nitrogens with zero attached hydrogens (tertiary/aromatic N) is 2. The minimum atomic E-state index is 0.290. The van der Waals surface area contributed by atoms with E-state index in [-0.39, 0.29) is 0 Å². The van der Waals surface area contributed by atoms with Gasteiger partial charge in [-0.2, -0.15) is 5.10 Å². The zero-order valence-corrected chi connectivity index (χ0v) is 6.61. The van der Waals surface area contributed by atoms with Gasteiger partial charge in [0.25, 0.3) is 0 Å². The van der Waals surface area contributed by atoms with Crippen LogP contribution in [-0.4, -0.2) is 29.5 Å². The van der Waals surface area contributed by atoms with Crippen LogP contribution in [0.15, 0.2) is 17.9 Å². The third kappa shape index (κ3) is 1.60. The third-order valence-electron chi connectivity index (χ3n) is 2.19. The lowest BCUT2D eigenvalue weighted by Crippen LogP contribution is -2.40. The minimum absolute atomic E-state index is 0.290. The van der Waals surface area contributed by atoms with Gasteiger partial charge in [0.2, 0.25) is 0 Å². The molecule has 1 fully saturated rings. The van der Waals surface area contributed by atoms with E-state index in [1.807, 2.05) is 0 Å². The first-order chi connectivity index (χ1) is 5.31. The van der Waals surface area contributed by atoms with Crippen molar-refractivity contribution in [2.75, 3.05) is 6.61 Å². The number of hydrogen-bond acceptors (Lipinski definition) is 3. The maximum atomic E-state index is 8.74. The monoisotopic (exact) mass is 154 g/mol. The second kappa shape index (κ2) is 3.53. The molecule has 0 aromatic heterocycles. The topological polar surface area (TPSA) is 35.8 Å². The molecule has 0 bridgehead atoms. The summed E-state index contributed by atoms with van der Waals surface area (Å²) in [4.78, 5) is 0. The zero-order valence-electron chi connectivity index (χ0n) is 6.61. The fourth-order valence-electron chi connectivity index (χ4n) is 1.39. The van der Waals surface area contributed by atoms with Crippen LogP contribution in [0.4, 0.5) is 0 Å². The Kier molecular flexibility index (Phi) is 2.65. The number of hydrogen-bond donors (Lipinski definition) is 1. The smallest absolute Gasteiger partial charge is 0.0525 e. The van der Waals surface area contributed by atoms with Crippen LogP contribution in [0.25, 0.3) is 0 Å². The lowest BCUT2D eigenvalue weighted by atomic mass is 9.81. The third-order valence-corrected chi connectivity index (χ3v) is 2.19. The van der Waals surface area contributed by atoms with Crippen LogP contribution in [0.1, 0.15) is 12.8 Å². The van der Waals surface area contributed by atoms with Gasteiger partial charge in [-0.3, -0.25) is 5.01 Å². The highest BCUT2D eigenvalue weighted by Gasteiger charge is 2.31. The first-order valence-electron chi connectivity index (χ1n) is 3.80. The van der Waals surface area contributed by atoms with Crippen molar-refractivity contribution in [3.8, 4) is 0 Å². The molecule has 0 aliphatic heterocycles. The summed E-state index contributed by atoms with van der Waals surface area (Å²) in [7, 11) is 0. The van der Waals surface area contributed by atoms with E-state index in [9.17, 15) is 0 Å². The van der Waals surface area contributed by atoms with Gasteiger partial charge in [-0.05, 0) is 18.8 Å². The van der Waals surface area contributed by atoms with E-state index in [0.29, 0.717) is 18.6 Å². The van der Waals surface area contributed by atoms with Crippen molar-refractivity contribution in [1.29, 1.82) is 0 Å². The highest BCUT2D eigenvalue weighted by atomic mass is 16.3. The molecule has 0 atom stereocenters. The number of hydrazone groups is 1. The molecular weight excluding hydrogens is 140 g/mol. The van der Waals surface area contributed by atoms with Crippen molar-refractivity contribution in [3.05, 3.63) is 12.8 Å². The second-order valence-corrected chi connectivity index (χ2v) is 2.88. The number of aliphatic hydroxyl groups is 1. The van der Waals surface area contributed by atoms with E-state index in [2.05, 4.69) is 18.4 Å². The van der Waals surface area contributed by atoms with Crippen molar-refractivity contribution in [2.24, 2.45) is 11.0 Å². The Balaban J connectivity index is 2.29. The predicted molar refractivity (Wildman–Crippen MR) is 45.2 cm³/mol. The largest absolute Gasteiger partial charge is 0.396 e. The molecule has 0 radical (unpaired) electrons. The summed E-state index contributed by atoms with van der Waals surface area (Å²) < 4.78 is 0. The molecule has 0 saturated heterocycles. The van der Waals surface area contributed by atoms with Crippen LogP contribution in [0, 0.1) is 5.92 Å². The first kappa shape index (κ1) is 8.27. The maximum Gasteiger partial charge on any atom is 0.0525 e. The maximum absolute atomic E-state index is 8.74. The molecule has 1 rings (SSSR count). The Morgan fingerprint density at radius 2 is 2.27 bits per heavy atom. The van der Waals surface area contributed by atoms with Crippen LogP contribution >= 0.6 is 0 Å². The Labute approximate surface area is 67.0 Å². The molecule has 1 aliphatic carbocycles. The molecule has 1 N–H and O–H groups in total. The summed E-state index contributed by atoms with van der Waals surface area (Å²) >= 11 is 0. The number of rotatable bonds is 4. The van der Waals surface area contributed by atoms with Gasteiger partial charge < -0.3 is 5.11 Å². The summed E-state index contributed by atoms with van der Waals surface area (Å²) in [6, 6.07) is 0.419. The SMILES string of the molecule is C=CN(N=C)C1CC(CO)C1. The van der Waals surface area contributed by atoms with Crippen LogP contribution in [-0.2, 0) is 0 Å². The van der Waals surface area contributed by atoms with E-state index in [0.717, 1.165) is 12.8 Å². The van der Waals surface area contributed by atoms with Gasteiger partial charge in [0.15, 0.2) is 0 Å². The summed E-state index contributed by atoms with van der Waals surface area (Å²) in [5.41, 5.74) is 0. The Hall–Kier alpha value is -0.830. The average Bonchev–Trinajstić information content (AvgIpc) is 1.95. The van der Waals surface area contributed by atoms with Gasteiger partial charge in [0.1, 0.15) is 0 Å². The average molecular weight is 154 g/mol. The van der Waals surface area contributed by atoms with Crippen molar-refractivity contribution in [3.63, 3.8) is 0 Å². The van der Waals surface area contributed by atoms with Gasteiger partial charge in [0, 0.05) is 19.5 Å². The fourth-order valence-corrected chi connectivity index (χ4v) is 1.39. The van der Waals surface area contributed by atoms with Crippen molar-refractivity contribution in [1.82, 2.24) is 5.01 Å². The van der Waals surface area contributed by atoms with Crippen LogP contribution in [0.3, 0.4) is 0 Å². The molecule has 0 aromatic carbocycles. The second-order valence-electron chi connectivity index (χ2n) is 2.88. The summed E-state index contributed by atoms with van der Waals surface area (Å²) in [6.45, 7) is 7.33. The minimum Gasteiger partial charge on any atom is -0.396 e. The van der Waals surface area contributed by atoms with Crippen molar-refractivity contribution < 1.29 is 5.11 Å². The molecule has 1 saturated carbocycles. The van der Waals surface area contributed by atoms with E-state index >= 15 is 0 Å². The standard InChI is InChI=1S/C8H14N2O/c1-3-10(9-2)8-4-7(5-8)6-11/h3,7-8,11H,1-2,4-6H2. The molecule has 0 aromatic rings. The van der Waals surface area contributed by atoms with Crippen molar-refractivity contribution in [2.45, 2.75) is 18.9 Å². The molecule has 0 unspecified atom stereocenters.